The maximum atomic E-state index is 13.3. The molecule has 8 heteroatoms. The van der Waals surface area contributed by atoms with E-state index in [1.165, 1.54) is 0 Å². The molecule has 2 saturated heterocycles. The van der Waals surface area contributed by atoms with Crippen LogP contribution in [0.4, 0.5) is 8.78 Å². The van der Waals surface area contributed by atoms with Crippen LogP contribution in [0.25, 0.3) is 0 Å². The van der Waals surface area contributed by atoms with Gasteiger partial charge in [-0.2, -0.15) is 0 Å². The number of likely N-dealkylation sites (tertiary alicyclic amines) is 1. The van der Waals surface area contributed by atoms with E-state index in [1.54, 1.807) is 30.2 Å². The summed E-state index contributed by atoms with van der Waals surface area (Å²) in [7, 11) is 1.55. The highest BCUT2D eigenvalue weighted by Gasteiger charge is 2.44. The number of ether oxygens (including phenoxy) is 3. The number of carbonyl (C=O) groups excluding carboxylic acids is 1. The number of amides is 1. The zero-order chi connectivity index (χ0) is 25.0. The van der Waals surface area contributed by atoms with E-state index in [0.717, 1.165) is 5.56 Å². The monoisotopic (exact) mass is 488 g/mol. The summed E-state index contributed by atoms with van der Waals surface area (Å²) in [4.78, 5) is 16.9. The smallest absolute Gasteiger partial charge is 0.253 e. The third-order valence-corrected chi connectivity index (χ3v) is 6.63. The van der Waals surface area contributed by atoms with Crippen molar-refractivity contribution in [3.05, 3.63) is 59.7 Å². The number of hydrogen-bond acceptors (Lipinski definition) is 5. The van der Waals surface area contributed by atoms with E-state index >= 15 is 0 Å². The van der Waals surface area contributed by atoms with Crippen LogP contribution < -0.4 is 9.47 Å². The summed E-state index contributed by atoms with van der Waals surface area (Å²) in [6, 6.07) is 15.0. The minimum absolute atomic E-state index is 0.0106. The first-order chi connectivity index (χ1) is 16.8. The third-order valence-electron chi connectivity index (χ3n) is 6.63. The number of morpholine rings is 1. The summed E-state index contributed by atoms with van der Waals surface area (Å²) in [5, 5.41) is 0. The molecule has 1 amide bonds. The van der Waals surface area contributed by atoms with Crippen LogP contribution in [-0.2, 0) is 4.74 Å². The largest absolute Gasteiger partial charge is 0.493 e. The van der Waals surface area contributed by atoms with E-state index in [0.29, 0.717) is 56.1 Å². The second-order valence-electron chi connectivity index (χ2n) is 9.61. The molecule has 35 heavy (non-hydrogen) atoms. The molecular formula is C27H34F2N2O4. The lowest BCUT2D eigenvalue weighted by Crippen LogP contribution is -2.58. The van der Waals surface area contributed by atoms with Crippen LogP contribution in [0.1, 0.15) is 48.7 Å². The first-order valence-corrected chi connectivity index (χ1v) is 12.2. The minimum Gasteiger partial charge on any atom is -0.493 e. The minimum atomic E-state index is -2.40. The average molecular weight is 489 g/mol. The van der Waals surface area contributed by atoms with E-state index in [9.17, 15) is 13.6 Å². The summed E-state index contributed by atoms with van der Waals surface area (Å²) < 4.78 is 44.3. The van der Waals surface area contributed by atoms with Crippen LogP contribution in [0.3, 0.4) is 0 Å². The van der Waals surface area contributed by atoms with Gasteiger partial charge in [0.1, 0.15) is 0 Å². The highest BCUT2D eigenvalue weighted by molar-refractivity contribution is 5.95. The molecule has 2 heterocycles. The predicted molar refractivity (Wildman–Crippen MR) is 129 cm³/mol. The lowest BCUT2D eigenvalue weighted by atomic mass is 9.87. The summed E-state index contributed by atoms with van der Waals surface area (Å²) >= 11 is 0. The molecular weight excluding hydrogens is 454 g/mol. The fourth-order valence-electron chi connectivity index (χ4n) is 4.99. The maximum absolute atomic E-state index is 13.3. The Morgan fingerprint density at radius 2 is 1.83 bits per heavy atom. The highest BCUT2D eigenvalue weighted by Crippen LogP contribution is 2.38. The quantitative estimate of drug-likeness (QED) is 0.561. The molecule has 0 N–H and O–H groups in total. The number of piperidine rings is 1. The van der Waals surface area contributed by atoms with Gasteiger partial charge in [-0.15, -0.1) is 0 Å². The number of methoxy groups -OCH3 is 1. The summed E-state index contributed by atoms with van der Waals surface area (Å²) in [5.41, 5.74) is 0.956. The molecule has 0 radical (unpaired) electrons. The van der Waals surface area contributed by atoms with E-state index in [2.05, 4.69) is 0 Å². The zero-order valence-corrected chi connectivity index (χ0v) is 20.6. The number of benzene rings is 2. The number of alkyl halides is 2. The van der Waals surface area contributed by atoms with Gasteiger partial charge in [-0.25, -0.2) is 8.78 Å². The molecule has 2 fully saturated rings. The second kappa shape index (κ2) is 10.9. The van der Waals surface area contributed by atoms with Crippen molar-refractivity contribution in [2.75, 3.05) is 39.8 Å². The van der Waals surface area contributed by atoms with Gasteiger partial charge in [0, 0.05) is 31.7 Å². The number of hydrogen-bond donors (Lipinski definition) is 0. The Labute approximate surface area is 205 Å². The lowest BCUT2D eigenvalue weighted by molar-refractivity contribution is -0.180. The molecule has 2 aliphatic rings. The van der Waals surface area contributed by atoms with Crippen molar-refractivity contribution in [3.8, 4) is 11.5 Å². The van der Waals surface area contributed by atoms with Crippen molar-refractivity contribution >= 4 is 5.91 Å². The van der Waals surface area contributed by atoms with Crippen LogP contribution >= 0.6 is 0 Å². The zero-order valence-electron chi connectivity index (χ0n) is 20.6. The number of nitrogens with zero attached hydrogens (tertiary/aromatic N) is 2. The maximum Gasteiger partial charge on any atom is 0.253 e. The summed E-state index contributed by atoms with van der Waals surface area (Å²) in [6.45, 7) is 5.45. The van der Waals surface area contributed by atoms with Crippen LogP contribution in [0, 0.1) is 0 Å². The van der Waals surface area contributed by atoms with Gasteiger partial charge >= 0.3 is 0 Å². The standard InChI is InChI=1S/C27H34F2N2O4/c1-19(2)34-22-10-9-21(15-23(22)33-3)26(32)31-13-11-27(12-14-31)18-30(17-25(28)29)16-24(35-27)20-7-5-4-6-8-20/h4-10,15,19,24-25H,11-14,16-18H2,1-3H3. The molecule has 0 aliphatic carbocycles. The fourth-order valence-corrected chi connectivity index (χ4v) is 4.99. The van der Waals surface area contributed by atoms with E-state index in [-0.39, 0.29) is 24.7 Å². The van der Waals surface area contributed by atoms with Crippen molar-refractivity contribution in [2.24, 2.45) is 0 Å². The topological polar surface area (TPSA) is 51.2 Å². The van der Waals surface area contributed by atoms with Gasteiger partial charge in [0.2, 0.25) is 0 Å². The Bertz CT molecular complexity index is 994. The van der Waals surface area contributed by atoms with Gasteiger partial charge in [-0.3, -0.25) is 9.69 Å². The fraction of sp³-hybridized carbons (Fsp3) is 0.519. The van der Waals surface area contributed by atoms with Crippen LogP contribution in [-0.4, -0.2) is 73.7 Å². The molecule has 0 aromatic heterocycles. The first kappa shape index (κ1) is 25.4. The lowest BCUT2D eigenvalue weighted by Gasteiger charge is -2.50. The molecule has 1 unspecified atom stereocenters. The van der Waals surface area contributed by atoms with Gasteiger partial charge in [0.15, 0.2) is 11.5 Å². The van der Waals surface area contributed by atoms with Crippen LogP contribution in [0.2, 0.25) is 0 Å². The molecule has 2 aromatic rings. The van der Waals surface area contributed by atoms with Crippen molar-refractivity contribution < 1.29 is 27.8 Å². The van der Waals surface area contributed by atoms with Crippen LogP contribution in [0.5, 0.6) is 11.5 Å². The number of halogens is 2. The molecule has 2 aromatic carbocycles. The molecule has 0 saturated carbocycles. The van der Waals surface area contributed by atoms with Crippen LogP contribution in [0.15, 0.2) is 48.5 Å². The van der Waals surface area contributed by atoms with Gasteiger partial charge < -0.3 is 19.1 Å². The Morgan fingerprint density at radius 3 is 2.46 bits per heavy atom. The number of carbonyl (C=O) groups is 1. The molecule has 4 rings (SSSR count). The SMILES string of the molecule is COc1cc(C(=O)N2CCC3(CC2)CN(CC(F)F)CC(c2ccccc2)O3)ccc1OC(C)C. The molecule has 6 nitrogen and oxygen atoms in total. The second-order valence-corrected chi connectivity index (χ2v) is 9.61. The normalized spacial score (nSPS) is 20.4. The highest BCUT2D eigenvalue weighted by atomic mass is 19.3. The molecule has 1 spiro atoms. The van der Waals surface area contributed by atoms with Crippen molar-refractivity contribution in [3.63, 3.8) is 0 Å². The molecule has 190 valence electrons. The Kier molecular flexibility index (Phi) is 7.91. The van der Waals surface area contributed by atoms with E-state index in [4.69, 9.17) is 14.2 Å². The predicted octanol–water partition coefficient (Wildman–Crippen LogP) is 4.80. The molecule has 2 aliphatic heterocycles. The summed E-state index contributed by atoms with van der Waals surface area (Å²) in [5.74, 6) is 1.02. The third kappa shape index (κ3) is 6.11. The van der Waals surface area contributed by atoms with Gasteiger partial charge in [-0.1, -0.05) is 30.3 Å². The van der Waals surface area contributed by atoms with Crippen molar-refractivity contribution in [1.29, 1.82) is 0 Å². The average Bonchev–Trinajstić information content (AvgIpc) is 2.84. The molecule has 1 atom stereocenters. The summed E-state index contributed by atoms with van der Waals surface area (Å²) in [6.07, 6.45) is -1.51. The number of rotatable bonds is 7. The van der Waals surface area contributed by atoms with E-state index in [1.807, 2.05) is 49.1 Å². The van der Waals surface area contributed by atoms with E-state index < -0.39 is 12.0 Å². The first-order valence-electron chi connectivity index (χ1n) is 12.2. The Morgan fingerprint density at radius 1 is 1.11 bits per heavy atom. The van der Waals surface area contributed by atoms with Gasteiger partial charge in [-0.05, 0) is 50.5 Å². The van der Waals surface area contributed by atoms with Crippen molar-refractivity contribution in [2.45, 2.75) is 50.9 Å². The van der Waals surface area contributed by atoms with Crippen molar-refractivity contribution in [1.82, 2.24) is 9.80 Å². The Balaban J connectivity index is 1.46. The molecule has 0 bridgehead atoms. The van der Waals surface area contributed by atoms with Gasteiger partial charge in [0.05, 0.1) is 31.5 Å². The Hall–Kier alpha value is -2.71. The van der Waals surface area contributed by atoms with Gasteiger partial charge in [0.25, 0.3) is 12.3 Å².